The SMILES string of the molecule is Cc1nc(Oc2ccccc2F)nc(C)c1NS(=O)(=O)c1cccc([N+](=O)[O-])c1. The number of benzene rings is 2. The fraction of sp³-hybridized carbons (Fsp3) is 0.111. The van der Waals surface area contributed by atoms with Crippen LogP contribution in [0.5, 0.6) is 11.8 Å². The highest BCUT2D eigenvalue weighted by atomic mass is 32.2. The first-order valence-electron chi connectivity index (χ1n) is 8.22. The number of aromatic nitrogens is 2. The van der Waals surface area contributed by atoms with E-state index in [9.17, 15) is 22.9 Å². The number of anilines is 1. The van der Waals surface area contributed by atoms with E-state index in [2.05, 4.69) is 14.7 Å². The van der Waals surface area contributed by atoms with Crippen molar-refractivity contribution in [3.05, 3.63) is 75.9 Å². The zero-order chi connectivity index (χ0) is 21.2. The van der Waals surface area contributed by atoms with Crippen molar-refractivity contribution in [3.8, 4) is 11.8 Å². The molecule has 0 fully saturated rings. The molecule has 11 heteroatoms. The lowest BCUT2D eigenvalue weighted by molar-refractivity contribution is -0.385. The van der Waals surface area contributed by atoms with Crippen molar-refractivity contribution in [1.29, 1.82) is 0 Å². The zero-order valence-corrected chi connectivity index (χ0v) is 16.1. The molecule has 0 saturated carbocycles. The van der Waals surface area contributed by atoms with Crippen LogP contribution in [0.1, 0.15) is 11.4 Å². The lowest BCUT2D eigenvalue weighted by Gasteiger charge is -2.14. The summed E-state index contributed by atoms with van der Waals surface area (Å²) in [5, 5.41) is 10.9. The van der Waals surface area contributed by atoms with Crippen LogP contribution in [-0.2, 0) is 10.0 Å². The lowest BCUT2D eigenvalue weighted by atomic mass is 10.3. The number of nitrogens with zero attached hydrogens (tertiary/aromatic N) is 3. The molecule has 2 aromatic carbocycles. The maximum absolute atomic E-state index is 13.7. The Morgan fingerprint density at radius 1 is 1.07 bits per heavy atom. The average Bonchev–Trinajstić information content (AvgIpc) is 2.67. The Balaban J connectivity index is 1.91. The van der Waals surface area contributed by atoms with E-state index in [1.165, 1.54) is 50.2 Å². The largest absolute Gasteiger partial charge is 0.421 e. The van der Waals surface area contributed by atoms with Crippen molar-refractivity contribution < 1.29 is 22.5 Å². The number of para-hydroxylation sites is 1. The van der Waals surface area contributed by atoms with E-state index in [4.69, 9.17) is 4.74 Å². The highest BCUT2D eigenvalue weighted by Gasteiger charge is 2.21. The second-order valence-corrected chi connectivity index (χ2v) is 7.63. The smallest absolute Gasteiger partial charge is 0.322 e. The summed E-state index contributed by atoms with van der Waals surface area (Å²) >= 11 is 0. The van der Waals surface area contributed by atoms with Gasteiger partial charge in [-0.3, -0.25) is 14.8 Å². The quantitative estimate of drug-likeness (QED) is 0.478. The Kier molecular flexibility index (Phi) is 5.41. The van der Waals surface area contributed by atoms with E-state index in [0.717, 1.165) is 6.07 Å². The number of hydrogen-bond acceptors (Lipinski definition) is 7. The van der Waals surface area contributed by atoms with Gasteiger partial charge in [0, 0.05) is 12.1 Å². The Labute approximate surface area is 165 Å². The van der Waals surface area contributed by atoms with Gasteiger partial charge in [-0.05, 0) is 32.0 Å². The first-order chi connectivity index (χ1) is 13.7. The molecular weight excluding hydrogens is 403 g/mol. The van der Waals surface area contributed by atoms with Gasteiger partial charge in [0.25, 0.3) is 15.7 Å². The van der Waals surface area contributed by atoms with Gasteiger partial charge in [-0.2, -0.15) is 9.97 Å². The van der Waals surface area contributed by atoms with Crippen molar-refractivity contribution in [2.75, 3.05) is 4.72 Å². The predicted octanol–water partition coefficient (Wildman–Crippen LogP) is 3.73. The molecule has 9 nitrogen and oxygen atoms in total. The summed E-state index contributed by atoms with van der Waals surface area (Å²) in [5.74, 6) is -0.668. The molecule has 1 heterocycles. The molecule has 0 aliphatic carbocycles. The van der Waals surface area contributed by atoms with Crippen molar-refractivity contribution in [2.24, 2.45) is 0 Å². The highest BCUT2D eigenvalue weighted by Crippen LogP contribution is 2.27. The Hall–Kier alpha value is -3.60. The number of hydrogen-bond donors (Lipinski definition) is 1. The number of nitrogens with one attached hydrogen (secondary N) is 1. The minimum atomic E-state index is -4.13. The van der Waals surface area contributed by atoms with E-state index >= 15 is 0 Å². The number of aryl methyl sites for hydroxylation is 2. The molecule has 0 aliphatic heterocycles. The second kappa shape index (κ2) is 7.80. The van der Waals surface area contributed by atoms with E-state index in [-0.39, 0.29) is 39.4 Å². The van der Waals surface area contributed by atoms with Gasteiger partial charge in [-0.25, -0.2) is 12.8 Å². The molecule has 0 amide bonds. The summed E-state index contributed by atoms with van der Waals surface area (Å²) in [7, 11) is -4.13. The lowest BCUT2D eigenvalue weighted by Crippen LogP contribution is -2.16. The topological polar surface area (TPSA) is 124 Å². The monoisotopic (exact) mass is 418 g/mol. The van der Waals surface area contributed by atoms with E-state index < -0.39 is 20.8 Å². The van der Waals surface area contributed by atoms with Gasteiger partial charge < -0.3 is 4.74 Å². The number of non-ortho nitro benzene ring substituents is 1. The molecule has 0 unspecified atom stereocenters. The number of nitro groups is 1. The molecule has 0 radical (unpaired) electrons. The van der Waals surface area contributed by atoms with Gasteiger partial charge in [0.2, 0.25) is 0 Å². The van der Waals surface area contributed by atoms with Crippen LogP contribution < -0.4 is 9.46 Å². The van der Waals surface area contributed by atoms with Gasteiger partial charge in [-0.15, -0.1) is 0 Å². The third-order valence-corrected chi connectivity index (χ3v) is 5.21. The Morgan fingerprint density at radius 3 is 2.34 bits per heavy atom. The van der Waals surface area contributed by atoms with E-state index in [1.807, 2.05) is 0 Å². The van der Waals surface area contributed by atoms with Crippen LogP contribution in [0.4, 0.5) is 15.8 Å². The predicted molar refractivity (Wildman–Crippen MR) is 102 cm³/mol. The van der Waals surface area contributed by atoms with Crippen molar-refractivity contribution in [1.82, 2.24) is 9.97 Å². The molecule has 3 rings (SSSR count). The molecular formula is C18H15FN4O5S. The minimum Gasteiger partial charge on any atom is -0.421 e. The third-order valence-electron chi connectivity index (χ3n) is 3.86. The molecule has 3 aromatic rings. The number of nitro benzene ring substituents is 1. The van der Waals surface area contributed by atoms with Crippen molar-refractivity contribution in [3.63, 3.8) is 0 Å². The van der Waals surface area contributed by atoms with E-state index in [0.29, 0.717) is 0 Å². The molecule has 150 valence electrons. The van der Waals surface area contributed by atoms with Gasteiger partial charge in [0.1, 0.15) is 0 Å². The van der Waals surface area contributed by atoms with Crippen LogP contribution in [0.3, 0.4) is 0 Å². The van der Waals surface area contributed by atoms with Crippen LogP contribution in [0.15, 0.2) is 53.4 Å². The average molecular weight is 418 g/mol. The number of sulfonamides is 1. The van der Waals surface area contributed by atoms with Crippen LogP contribution in [-0.4, -0.2) is 23.3 Å². The molecule has 0 spiro atoms. The molecule has 0 aliphatic rings. The third kappa shape index (κ3) is 4.46. The summed E-state index contributed by atoms with van der Waals surface area (Å²) in [6, 6.07) is 10.2. The van der Waals surface area contributed by atoms with Gasteiger partial charge in [0.05, 0.1) is 26.9 Å². The molecule has 0 saturated heterocycles. The molecule has 0 bridgehead atoms. The summed E-state index contributed by atoms with van der Waals surface area (Å²) in [6.45, 7) is 3.04. The summed E-state index contributed by atoms with van der Waals surface area (Å²) in [4.78, 5) is 18.0. The van der Waals surface area contributed by atoms with Gasteiger partial charge in [0.15, 0.2) is 11.6 Å². The van der Waals surface area contributed by atoms with Crippen LogP contribution in [0, 0.1) is 29.8 Å². The Morgan fingerprint density at radius 2 is 1.72 bits per heavy atom. The number of rotatable bonds is 6. The summed E-state index contributed by atoms with van der Waals surface area (Å²) < 4.78 is 46.7. The standard InChI is InChI=1S/C18H15FN4O5S/c1-11-17(22-29(26,27)14-7-5-6-13(10-14)23(24)25)12(2)21-18(20-11)28-16-9-4-3-8-15(16)19/h3-10,22H,1-2H3. The van der Waals surface area contributed by atoms with Gasteiger partial charge in [-0.1, -0.05) is 18.2 Å². The van der Waals surface area contributed by atoms with Crippen LogP contribution >= 0.6 is 0 Å². The normalized spacial score (nSPS) is 11.1. The van der Waals surface area contributed by atoms with Gasteiger partial charge >= 0.3 is 6.01 Å². The maximum atomic E-state index is 13.7. The first-order valence-corrected chi connectivity index (χ1v) is 9.70. The van der Waals surface area contributed by atoms with Crippen LogP contribution in [0.2, 0.25) is 0 Å². The summed E-state index contributed by atoms with van der Waals surface area (Å²) in [5.41, 5.74) is 0.208. The fourth-order valence-corrected chi connectivity index (χ4v) is 3.68. The van der Waals surface area contributed by atoms with Crippen LogP contribution in [0.25, 0.3) is 0 Å². The first kappa shape index (κ1) is 20.1. The van der Waals surface area contributed by atoms with Crippen molar-refractivity contribution in [2.45, 2.75) is 18.7 Å². The fourth-order valence-electron chi connectivity index (χ4n) is 2.46. The zero-order valence-electron chi connectivity index (χ0n) is 15.3. The number of ether oxygens (including phenoxy) is 1. The Bertz CT molecular complexity index is 1180. The molecule has 0 atom stereocenters. The maximum Gasteiger partial charge on any atom is 0.322 e. The van der Waals surface area contributed by atoms with Crippen molar-refractivity contribution >= 4 is 21.4 Å². The minimum absolute atomic E-state index is 0.0729. The molecule has 1 aromatic heterocycles. The second-order valence-electron chi connectivity index (χ2n) is 5.94. The van der Waals surface area contributed by atoms with E-state index in [1.54, 1.807) is 6.07 Å². The highest BCUT2D eigenvalue weighted by molar-refractivity contribution is 7.92. The molecule has 1 N–H and O–H groups in total. The number of halogens is 1. The summed E-state index contributed by atoms with van der Waals surface area (Å²) in [6.07, 6.45) is 0. The molecule has 29 heavy (non-hydrogen) atoms.